The largest absolute Gasteiger partial charge is 0.321 e. The molecule has 1 aromatic heterocycles. The van der Waals surface area contributed by atoms with Crippen molar-refractivity contribution in [1.29, 1.82) is 0 Å². The van der Waals surface area contributed by atoms with Gasteiger partial charge in [-0.25, -0.2) is 0 Å². The van der Waals surface area contributed by atoms with E-state index in [-0.39, 0.29) is 5.91 Å². The first kappa shape index (κ1) is 13.1. The number of carbonyl (C=O) groups excluding carboxylic acids is 1. The average molecular weight is 396 g/mol. The van der Waals surface area contributed by atoms with Gasteiger partial charge in [-0.3, -0.25) is 4.79 Å². The van der Waals surface area contributed by atoms with Crippen molar-refractivity contribution in [2.24, 2.45) is 0 Å². The first-order chi connectivity index (χ1) is 8.08. The molecule has 1 aromatic carbocycles. The standard InChI is InChI=1S/C11H6Br2ClNOS/c12-9-4-6(5-17-9)11(16)15-8-3-1-2-7(14)10(8)13/h1-5H,(H,15,16). The van der Waals surface area contributed by atoms with Crippen LogP contribution >= 0.6 is 54.8 Å². The normalized spacial score (nSPS) is 10.3. The van der Waals surface area contributed by atoms with Crippen LogP contribution in [0.25, 0.3) is 0 Å². The molecule has 1 amide bonds. The van der Waals surface area contributed by atoms with Crippen LogP contribution in [0.4, 0.5) is 5.69 Å². The highest BCUT2D eigenvalue weighted by Gasteiger charge is 2.11. The van der Waals surface area contributed by atoms with E-state index >= 15 is 0 Å². The smallest absolute Gasteiger partial charge is 0.256 e. The van der Waals surface area contributed by atoms with Crippen LogP contribution in [0.1, 0.15) is 10.4 Å². The quantitative estimate of drug-likeness (QED) is 0.746. The van der Waals surface area contributed by atoms with Gasteiger partial charge in [0.25, 0.3) is 5.91 Å². The molecule has 0 unspecified atom stereocenters. The van der Waals surface area contributed by atoms with E-state index in [1.54, 1.807) is 29.6 Å². The van der Waals surface area contributed by atoms with Gasteiger partial charge >= 0.3 is 0 Å². The summed E-state index contributed by atoms with van der Waals surface area (Å²) in [7, 11) is 0. The van der Waals surface area contributed by atoms with E-state index < -0.39 is 0 Å². The Hall–Kier alpha value is -0.360. The number of anilines is 1. The molecule has 0 radical (unpaired) electrons. The van der Waals surface area contributed by atoms with Crippen molar-refractivity contribution < 1.29 is 4.79 Å². The zero-order valence-corrected chi connectivity index (χ0v) is 13.1. The predicted octanol–water partition coefficient (Wildman–Crippen LogP) is 5.18. The molecule has 1 heterocycles. The maximum absolute atomic E-state index is 11.9. The van der Waals surface area contributed by atoms with Gasteiger partial charge < -0.3 is 5.32 Å². The molecule has 2 aromatic rings. The summed E-state index contributed by atoms with van der Waals surface area (Å²) < 4.78 is 1.61. The van der Waals surface area contributed by atoms with Crippen molar-refractivity contribution in [3.05, 3.63) is 48.5 Å². The molecule has 17 heavy (non-hydrogen) atoms. The van der Waals surface area contributed by atoms with Crippen LogP contribution in [0.3, 0.4) is 0 Å². The lowest BCUT2D eigenvalue weighted by Crippen LogP contribution is -2.11. The maximum Gasteiger partial charge on any atom is 0.256 e. The summed E-state index contributed by atoms with van der Waals surface area (Å²) in [5.74, 6) is -0.157. The third-order valence-corrected chi connectivity index (χ3v) is 4.93. The van der Waals surface area contributed by atoms with E-state index in [0.29, 0.717) is 20.7 Å². The summed E-state index contributed by atoms with van der Waals surface area (Å²) >= 11 is 14.1. The van der Waals surface area contributed by atoms with E-state index in [0.717, 1.165) is 3.79 Å². The number of halogens is 3. The summed E-state index contributed by atoms with van der Waals surface area (Å²) in [6.45, 7) is 0. The van der Waals surface area contributed by atoms with Crippen molar-refractivity contribution in [1.82, 2.24) is 0 Å². The van der Waals surface area contributed by atoms with Crippen molar-refractivity contribution >= 4 is 66.4 Å². The monoisotopic (exact) mass is 393 g/mol. The summed E-state index contributed by atoms with van der Waals surface area (Å²) in [6, 6.07) is 7.10. The van der Waals surface area contributed by atoms with Gasteiger partial charge in [0.05, 0.1) is 24.5 Å². The van der Waals surface area contributed by atoms with E-state index in [1.165, 1.54) is 11.3 Å². The van der Waals surface area contributed by atoms with Crippen LogP contribution in [-0.2, 0) is 0 Å². The lowest BCUT2D eigenvalue weighted by atomic mass is 10.3. The number of hydrogen-bond donors (Lipinski definition) is 1. The van der Waals surface area contributed by atoms with Crippen LogP contribution in [0.5, 0.6) is 0 Å². The minimum Gasteiger partial charge on any atom is -0.321 e. The molecule has 2 rings (SSSR count). The Morgan fingerprint density at radius 2 is 2.12 bits per heavy atom. The van der Waals surface area contributed by atoms with Gasteiger partial charge in [-0.05, 0) is 50.1 Å². The van der Waals surface area contributed by atoms with Crippen molar-refractivity contribution in [3.8, 4) is 0 Å². The minimum atomic E-state index is -0.157. The molecule has 0 bridgehead atoms. The highest BCUT2D eigenvalue weighted by Crippen LogP contribution is 2.30. The van der Waals surface area contributed by atoms with Gasteiger partial charge in [-0.1, -0.05) is 17.7 Å². The molecule has 0 aliphatic heterocycles. The Balaban J connectivity index is 2.21. The van der Waals surface area contributed by atoms with Crippen LogP contribution in [0.2, 0.25) is 5.02 Å². The molecule has 0 fully saturated rings. The summed E-state index contributed by atoms with van der Waals surface area (Å²) in [4.78, 5) is 11.9. The molecule has 0 atom stereocenters. The highest BCUT2D eigenvalue weighted by atomic mass is 79.9. The Morgan fingerprint density at radius 3 is 2.76 bits per heavy atom. The number of amides is 1. The number of thiophene rings is 1. The second kappa shape index (κ2) is 5.52. The second-order valence-electron chi connectivity index (χ2n) is 3.19. The molecule has 0 aliphatic rings. The third-order valence-electron chi connectivity index (χ3n) is 2.03. The first-order valence-corrected chi connectivity index (χ1v) is 7.41. The zero-order valence-electron chi connectivity index (χ0n) is 8.34. The summed E-state index contributed by atoms with van der Waals surface area (Å²) in [6.07, 6.45) is 0. The number of hydrogen-bond acceptors (Lipinski definition) is 2. The molecule has 88 valence electrons. The van der Waals surface area contributed by atoms with E-state index in [9.17, 15) is 4.79 Å². The van der Waals surface area contributed by atoms with Crippen molar-refractivity contribution in [2.75, 3.05) is 5.32 Å². The average Bonchev–Trinajstić information content (AvgIpc) is 2.72. The number of rotatable bonds is 2. The van der Waals surface area contributed by atoms with Crippen LogP contribution in [0.15, 0.2) is 37.9 Å². The van der Waals surface area contributed by atoms with Crippen LogP contribution in [-0.4, -0.2) is 5.91 Å². The van der Waals surface area contributed by atoms with Gasteiger partial charge in [0, 0.05) is 5.38 Å². The Kier molecular flexibility index (Phi) is 4.25. The van der Waals surface area contributed by atoms with E-state index in [2.05, 4.69) is 37.2 Å². The second-order valence-corrected chi connectivity index (χ2v) is 6.69. The molecule has 1 N–H and O–H groups in total. The lowest BCUT2D eigenvalue weighted by molar-refractivity contribution is 0.102. The first-order valence-electron chi connectivity index (χ1n) is 4.57. The molecule has 0 aliphatic carbocycles. The minimum absolute atomic E-state index is 0.157. The Bertz CT molecular complexity index is 570. The molecule has 0 spiro atoms. The van der Waals surface area contributed by atoms with Crippen molar-refractivity contribution in [2.45, 2.75) is 0 Å². The van der Waals surface area contributed by atoms with Gasteiger partial charge in [-0.2, -0.15) is 0 Å². The fourth-order valence-corrected chi connectivity index (χ4v) is 2.90. The predicted molar refractivity (Wildman–Crippen MR) is 79.1 cm³/mol. The molecule has 2 nitrogen and oxygen atoms in total. The van der Waals surface area contributed by atoms with E-state index in [4.69, 9.17) is 11.6 Å². The molecule has 0 saturated heterocycles. The number of benzene rings is 1. The SMILES string of the molecule is O=C(Nc1cccc(Cl)c1Br)c1csc(Br)c1. The van der Waals surface area contributed by atoms with E-state index in [1.807, 2.05) is 0 Å². The molecular weight excluding hydrogens is 389 g/mol. The van der Waals surface area contributed by atoms with Crippen LogP contribution < -0.4 is 5.32 Å². The third kappa shape index (κ3) is 3.10. The number of nitrogens with one attached hydrogen (secondary N) is 1. The van der Waals surface area contributed by atoms with Gasteiger partial charge in [0.1, 0.15) is 0 Å². The lowest BCUT2D eigenvalue weighted by Gasteiger charge is -2.07. The van der Waals surface area contributed by atoms with Gasteiger partial charge in [-0.15, -0.1) is 11.3 Å². The summed E-state index contributed by atoms with van der Waals surface area (Å²) in [5, 5.41) is 5.15. The Morgan fingerprint density at radius 1 is 1.35 bits per heavy atom. The summed E-state index contributed by atoms with van der Waals surface area (Å²) in [5.41, 5.74) is 1.28. The topological polar surface area (TPSA) is 29.1 Å². The molecular formula is C11H6Br2ClNOS. The molecule has 6 heteroatoms. The van der Waals surface area contributed by atoms with Crippen molar-refractivity contribution in [3.63, 3.8) is 0 Å². The zero-order chi connectivity index (χ0) is 12.4. The maximum atomic E-state index is 11.9. The number of carbonyl (C=O) groups is 1. The fourth-order valence-electron chi connectivity index (χ4n) is 1.22. The highest BCUT2D eigenvalue weighted by molar-refractivity contribution is 9.11. The Labute approximate surface area is 124 Å². The van der Waals surface area contributed by atoms with Gasteiger partial charge in [0.15, 0.2) is 0 Å². The fraction of sp³-hybridized carbons (Fsp3) is 0. The van der Waals surface area contributed by atoms with Gasteiger partial charge in [0.2, 0.25) is 0 Å². The molecule has 0 saturated carbocycles. The van der Waals surface area contributed by atoms with Crippen LogP contribution in [0, 0.1) is 0 Å².